The van der Waals surface area contributed by atoms with Crippen LogP contribution < -0.4 is 5.32 Å². The summed E-state index contributed by atoms with van der Waals surface area (Å²) >= 11 is 0. The molecule has 1 saturated heterocycles. The summed E-state index contributed by atoms with van der Waals surface area (Å²) in [5.41, 5.74) is 4.36. The minimum atomic E-state index is -3.76. The van der Waals surface area contributed by atoms with Gasteiger partial charge in [-0.05, 0) is 65.7 Å². The topological polar surface area (TPSA) is 114 Å². The van der Waals surface area contributed by atoms with E-state index in [-0.39, 0.29) is 10.9 Å². The average Bonchev–Trinajstić information content (AvgIpc) is 3.28. The van der Waals surface area contributed by atoms with Crippen LogP contribution in [-0.4, -0.2) is 39.4 Å². The first-order chi connectivity index (χ1) is 14.6. The molecule has 0 spiro atoms. The van der Waals surface area contributed by atoms with Crippen LogP contribution in [0.5, 0.6) is 0 Å². The lowest BCUT2D eigenvalue weighted by molar-refractivity contribution is 0.381. The van der Waals surface area contributed by atoms with Crippen molar-refractivity contribution < 1.29 is 12.9 Å². The van der Waals surface area contributed by atoms with Crippen LogP contribution in [0, 0.1) is 34.6 Å². The van der Waals surface area contributed by atoms with E-state index in [4.69, 9.17) is 4.52 Å². The number of anilines is 2. The Kier molecular flexibility index (Phi) is 5.52. The highest BCUT2D eigenvalue weighted by atomic mass is 32.2. The summed E-state index contributed by atoms with van der Waals surface area (Å²) in [6.45, 7) is 9.41. The third kappa shape index (κ3) is 4.17. The Labute approximate surface area is 182 Å². The largest absolute Gasteiger partial charge is 0.360 e. The van der Waals surface area contributed by atoms with Crippen molar-refractivity contribution in [1.82, 2.24) is 24.4 Å². The van der Waals surface area contributed by atoms with Gasteiger partial charge >= 0.3 is 0 Å². The molecule has 9 nitrogen and oxygen atoms in total. The molecule has 4 rings (SSSR count). The first kappa shape index (κ1) is 21.4. The van der Waals surface area contributed by atoms with Crippen molar-refractivity contribution in [3.8, 4) is 0 Å². The summed E-state index contributed by atoms with van der Waals surface area (Å²) in [5.74, 6) is 0.801. The van der Waals surface area contributed by atoms with E-state index in [9.17, 15) is 8.42 Å². The van der Waals surface area contributed by atoms with Crippen LogP contribution in [0.15, 0.2) is 27.6 Å². The summed E-state index contributed by atoms with van der Waals surface area (Å²) in [4.78, 5) is 13.7. The number of aromatic nitrogens is 4. The van der Waals surface area contributed by atoms with E-state index < -0.39 is 10.0 Å². The van der Waals surface area contributed by atoms with Crippen molar-refractivity contribution in [2.24, 2.45) is 0 Å². The van der Waals surface area contributed by atoms with Crippen molar-refractivity contribution >= 4 is 21.7 Å². The highest BCUT2D eigenvalue weighted by Gasteiger charge is 2.40. The van der Waals surface area contributed by atoms with E-state index in [2.05, 4.69) is 25.4 Å². The maximum Gasteiger partial charge on any atom is 0.249 e. The van der Waals surface area contributed by atoms with Crippen LogP contribution in [0.3, 0.4) is 0 Å². The van der Waals surface area contributed by atoms with Crippen LogP contribution >= 0.6 is 0 Å². The van der Waals surface area contributed by atoms with Crippen LogP contribution in [0.25, 0.3) is 0 Å². The molecule has 1 unspecified atom stereocenters. The molecule has 1 atom stereocenters. The van der Waals surface area contributed by atoms with Gasteiger partial charge in [0.1, 0.15) is 10.6 Å². The molecule has 1 fully saturated rings. The van der Waals surface area contributed by atoms with Crippen molar-refractivity contribution in [3.63, 3.8) is 0 Å². The SMILES string of the molecule is Cc1cc(Nc2nc(C)cc(C)n2)cc(C2CCCN2S(=O)(=O)c2c(C)noc2C)n1. The Morgan fingerprint density at radius 1 is 1.00 bits per heavy atom. The molecular formula is C21H26N6O3S. The highest BCUT2D eigenvalue weighted by Crippen LogP contribution is 2.38. The lowest BCUT2D eigenvalue weighted by atomic mass is 10.1. The van der Waals surface area contributed by atoms with Gasteiger partial charge < -0.3 is 9.84 Å². The van der Waals surface area contributed by atoms with Gasteiger partial charge in [-0.1, -0.05) is 5.16 Å². The van der Waals surface area contributed by atoms with Gasteiger partial charge in [0.25, 0.3) is 0 Å². The number of rotatable bonds is 5. The fraction of sp³-hybridized carbons (Fsp3) is 0.429. The van der Waals surface area contributed by atoms with Gasteiger partial charge in [-0.3, -0.25) is 4.98 Å². The van der Waals surface area contributed by atoms with E-state index in [1.165, 1.54) is 4.31 Å². The van der Waals surface area contributed by atoms with E-state index in [0.717, 1.165) is 29.2 Å². The summed E-state index contributed by atoms with van der Waals surface area (Å²) in [7, 11) is -3.76. The number of sulfonamides is 1. The molecule has 1 N–H and O–H groups in total. The van der Waals surface area contributed by atoms with Gasteiger partial charge in [0.2, 0.25) is 16.0 Å². The number of hydrogen-bond donors (Lipinski definition) is 1. The first-order valence-corrected chi connectivity index (χ1v) is 11.6. The van der Waals surface area contributed by atoms with E-state index in [1.807, 2.05) is 39.0 Å². The Morgan fingerprint density at radius 3 is 2.32 bits per heavy atom. The predicted molar refractivity (Wildman–Crippen MR) is 116 cm³/mol. The lowest BCUT2D eigenvalue weighted by Gasteiger charge is -2.24. The molecule has 4 heterocycles. The molecule has 0 aliphatic carbocycles. The smallest absolute Gasteiger partial charge is 0.249 e. The summed E-state index contributed by atoms with van der Waals surface area (Å²) in [6, 6.07) is 5.32. The van der Waals surface area contributed by atoms with Crippen molar-refractivity contribution in [2.45, 2.75) is 58.4 Å². The minimum Gasteiger partial charge on any atom is -0.360 e. The molecule has 10 heteroatoms. The Bertz CT molecular complexity index is 1200. The molecule has 0 aromatic carbocycles. The molecule has 3 aromatic heterocycles. The van der Waals surface area contributed by atoms with Gasteiger partial charge in [-0.2, -0.15) is 4.31 Å². The third-order valence-corrected chi connectivity index (χ3v) is 7.44. The summed E-state index contributed by atoms with van der Waals surface area (Å²) < 4.78 is 33.5. The Balaban J connectivity index is 1.69. The summed E-state index contributed by atoms with van der Waals surface area (Å²) in [6.07, 6.45) is 1.45. The standard InChI is InChI=1S/C21H26N6O3S/c1-12-9-13(2)24-21(23-12)25-17-10-14(3)22-18(11-17)19-7-6-8-27(19)31(28,29)20-15(4)26-30-16(20)5/h9-11,19H,6-8H2,1-5H3,(H,22,23,24,25). The van der Waals surface area contributed by atoms with Gasteiger partial charge in [-0.25, -0.2) is 18.4 Å². The zero-order valence-electron chi connectivity index (χ0n) is 18.3. The molecular weight excluding hydrogens is 416 g/mol. The van der Waals surface area contributed by atoms with Crippen LogP contribution in [0.4, 0.5) is 11.6 Å². The number of aryl methyl sites for hydroxylation is 5. The molecule has 0 radical (unpaired) electrons. The molecule has 0 bridgehead atoms. The van der Waals surface area contributed by atoms with Gasteiger partial charge in [-0.15, -0.1) is 0 Å². The lowest BCUT2D eigenvalue weighted by Crippen LogP contribution is -2.31. The predicted octanol–water partition coefficient (Wildman–Crippen LogP) is 3.67. The fourth-order valence-corrected chi connectivity index (χ4v) is 6.10. The number of hydrogen-bond acceptors (Lipinski definition) is 8. The average molecular weight is 443 g/mol. The van der Waals surface area contributed by atoms with E-state index in [0.29, 0.717) is 36.1 Å². The van der Waals surface area contributed by atoms with Gasteiger partial charge in [0.05, 0.1) is 11.7 Å². The molecule has 0 amide bonds. The number of nitrogens with one attached hydrogen (secondary N) is 1. The monoisotopic (exact) mass is 442 g/mol. The van der Waals surface area contributed by atoms with Crippen molar-refractivity contribution in [1.29, 1.82) is 0 Å². The Morgan fingerprint density at radius 2 is 1.68 bits per heavy atom. The van der Waals surface area contributed by atoms with Crippen molar-refractivity contribution in [2.75, 3.05) is 11.9 Å². The molecule has 164 valence electrons. The Hall–Kier alpha value is -2.85. The molecule has 31 heavy (non-hydrogen) atoms. The second-order valence-corrected chi connectivity index (χ2v) is 9.78. The summed E-state index contributed by atoms with van der Waals surface area (Å²) in [5, 5.41) is 7.05. The molecule has 3 aromatic rings. The van der Waals surface area contributed by atoms with Crippen LogP contribution in [-0.2, 0) is 10.0 Å². The van der Waals surface area contributed by atoms with E-state index in [1.54, 1.807) is 13.8 Å². The maximum absolute atomic E-state index is 13.4. The normalized spacial score (nSPS) is 17.3. The van der Waals surface area contributed by atoms with Crippen LogP contribution in [0.2, 0.25) is 0 Å². The van der Waals surface area contributed by atoms with E-state index >= 15 is 0 Å². The first-order valence-electron chi connectivity index (χ1n) is 10.2. The van der Waals surface area contributed by atoms with Gasteiger partial charge in [0, 0.05) is 29.3 Å². The zero-order chi connectivity index (χ0) is 22.3. The quantitative estimate of drug-likeness (QED) is 0.636. The fourth-order valence-electron chi connectivity index (χ4n) is 4.13. The molecule has 0 saturated carbocycles. The highest BCUT2D eigenvalue weighted by molar-refractivity contribution is 7.89. The van der Waals surface area contributed by atoms with Gasteiger partial charge in [0.15, 0.2) is 5.76 Å². The number of nitrogens with zero attached hydrogens (tertiary/aromatic N) is 5. The second-order valence-electron chi connectivity index (χ2n) is 7.95. The third-order valence-electron chi connectivity index (χ3n) is 5.29. The zero-order valence-corrected chi connectivity index (χ0v) is 19.1. The second kappa shape index (κ2) is 8.01. The number of pyridine rings is 1. The van der Waals surface area contributed by atoms with Crippen LogP contribution in [0.1, 0.15) is 53.1 Å². The maximum atomic E-state index is 13.4. The molecule has 1 aliphatic heterocycles. The minimum absolute atomic E-state index is 0.147. The van der Waals surface area contributed by atoms with Crippen molar-refractivity contribution in [3.05, 3.63) is 52.4 Å². The molecule has 1 aliphatic rings.